The minimum atomic E-state index is -4.53. The van der Waals surface area contributed by atoms with Gasteiger partial charge in [-0.15, -0.1) is 0 Å². The first-order valence-corrected chi connectivity index (χ1v) is 5.16. The van der Waals surface area contributed by atoms with Crippen molar-refractivity contribution in [1.29, 1.82) is 0 Å². The maximum atomic E-state index is 12.5. The molecule has 1 saturated heterocycles. The number of ether oxygens (including phenoxy) is 1. The summed E-state index contributed by atoms with van der Waals surface area (Å²) in [5, 5.41) is 8.54. The summed E-state index contributed by atoms with van der Waals surface area (Å²) in [6.45, 7) is 6.23. The first kappa shape index (κ1) is 15.2. The molecule has 0 spiro atoms. The normalized spacial score (nSPS) is 34.2. The number of aliphatic carboxylic acids is 1. The van der Waals surface area contributed by atoms with E-state index >= 15 is 0 Å². The Morgan fingerprint density at radius 3 is 2.06 bits per heavy atom. The van der Waals surface area contributed by atoms with Crippen LogP contribution < -0.4 is 0 Å². The van der Waals surface area contributed by atoms with Gasteiger partial charge in [-0.25, -0.2) is 4.79 Å². The molecule has 0 saturated carbocycles. The highest BCUT2D eigenvalue weighted by atomic mass is 19.4. The Hall–Kier alpha value is -0.780. The van der Waals surface area contributed by atoms with Crippen molar-refractivity contribution in [3.05, 3.63) is 0 Å². The Morgan fingerprint density at radius 1 is 1.44 bits per heavy atom. The summed E-state index contributed by atoms with van der Waals surface area (Å²) in [7, 11) is 0. The monoisotopic (exact) mass is 242 g/mol. The molecule has 1 fully saturated rings. The smallest absolute Gasteiger partial charge is 0.417 e. The average molecular weight is 242 g/mol. The summed E-state index contributed by atoms with van der Waals surface area (Å²) < 4.78 is 42.1. The van der Waals surface area contributed by atoms with E-state index in [-0.39, 0.29) is 6.42 Å². The van der Waals surface area contributed by atoms with E-state index in [1.54, 1.807) is 0 Å². The van der Waals surface area contributed by atoms with Crippen LogP contribution in [0.3, 0.4) is 0 Å². The molecule has 0 aromatic heterocycles. The van der Waals surface area contributed by atoms with E-state index in [9.17, 15) is 18.0 Å². The molecule has 0 aliphatic carbocycles. The van der Waals surface area contributed by atoms with E-state index in [1.165, 1.54) is 6.92 Å². The molecule has 0 radical (unpaired) electrons. The molecule has 1 aliphatic heterocycles. The van der Waals surface area contributed by atoms with Crippen LogP contribution in [0, 0.1) is 5.92 Å². The van der Waals surface area contributed by atoms with Crippen molar-refractivity contribution in [2.24, 2.45) is 5.92 Å². The lowest BCUT2D eigenvalue weighted by atomic mass is 9.89. The van der Waals surface area contributed by atoms with Crippen LogP contribution in [-0.4, -0.2) is 29.0 Å². The van der Waals surface area contributed by atoms with Crippen LogP contribution in [0.5, 0.6) is 0 Å². The van der Waals surface area contributed by atoms with Crippen LogP contribution in [-0.2, 0) is 9.53 Å². The molecule has 3 unspecified atom stereocenters. The molecule has 96 valence electrons. The Morgan fingerprint density at radius 2 is 1.88 bits per heavy atom. The topological polar surface area (TPSA) is 46.5 Å². The third-order valence-corrected chi connectivity index (χ3v) is 2.73. The zero-order valence-electron chi connectivity index (χ0n) is 9.76. The lowest BCUT2D eigenvalue weighted by Crippen LogP contribution is -2.46. The quantitative estimate of drug-likeness (QED) is 0.769. The van der Waals surface area contributed by atoms with Gasteiger partial charge in [0.1, 0.15) is 0 Å². The molecule has 3 nitrogen and oxygen atoms in total. The number of halogens is 3. The van der Waals surface area contributed by atoms with Crippen LogP contribution in [0.4, 0.5) is 13.2 Å². The number of rotatable bonds is 1. The number of hydrogen-bond acceptors (Lipinski definition) is 2. The fourth-order valence-electron chi connectivity index (χ4n) is 1.50. The van der Waals surface area contributed by atoms with Gasteiger partial charge in [0.25, 0.3) is 0 Å². The van der Waals surface area contributed by atoms with Gasteiger partial charge in [0, 0.05) is 0 Å². The van der Waals surface area contributed by atoms with Gasteiger partial charge in [-0.05, 0) is 19.3 Å². The van der Waals surface area contributed by atoms with Crippen molar-refractivity contribution in [1.82, 2.24) is 0 Å². The molecule has 0 bridgehead atoms. The summed E-state index contributed by atoms with van der Waals surface area (Å²) in [5.41, 5.74) is -2.34. The number of alkyl halides is 3. The summed E-state index contributed by atoms with van der Waals surface area (Å²) in [4.78, 5) is 10.5. The lowest BCUT2D eigenvalue weighted by molar-refractivity contribution is -0.273. The second-order valence-electron chi connectivity index (χ2n) is 3.69. The molecular formula is C10H17F3O3. The molecule has 1 heterocycles. The maximum Gasteiger partial charge on any atom is 0.417 e. The van der Waals surface area contributed by atoms with E-state index in [0.717, 1.165) is 6.92 Å². The van der Waals surface area contributed by atoms with E-state index in [4.69, 9.17) is 5.11 Å². The first-order valence-electron chi connectivity index (χ1n) is 5.16. The van der Waals surface area contributed by atoms with Crippen molar-refractivity contribution < 1.29 is 27.8 Å². The molecule has 6 heteroatoms. The highest BCUT2D eigenvalue weighted by molar-refractivity contribution is 5.72. The van der Waals surface area contributed by atoms with Gasteiger partial charge >= 0.3 is 12.1 Å². The van der Waals surface area contributed by atoms with Crippen LogP contribution >= 0.6 is 0 Å². The minimum Gasteiger partial charge on any atom is -0.479 e. The fraction of sp³-hybridized carbons (Fsp3) is 0.900. The first-order chi connectivity index (χ1) is 7.18. The summed E-state index contributed by atoms with van der Waals surface area (Å²) in [5.74, 6) is -2.19. The van der Waals surface area contributed by atoms with Crippen LogP contribution in [0.25, 0.3) is 0 Å². The van der Waals surface area contributed by atoms with E-state index in [1.807, 2.05) is 13.8 Å². The molecule has 1 rings (SSSR count). The van der Waals surface area contributed by atoms with Gasteiger partial charge in [0.15, 0.2) is 11.7 Å². The standard InChI is InChI=1S/C8H11F3O3.C2H6/c1-4-3-5(6(12)13)14-7(4,2)8(9,10)11;1-2/h4-5H,3H2,1-2H3,(H,12,13);1-2H3. The Bertz CT molecular complexity index is 252. The van der Waals surface area contributed by atoms with Gasteiger partial charge < -0.3 is 9.84 Å². The summed E-state index contributed by atoms with van der Waals surface area (Å²) in [6, 6.07) is 0. The Kier molecular flexibility index (Phi) is 4.79. The van der Waals surface area contributed by atoms with E-state index in [2.05, 4.69) is 4.74 Å². The van der Waals surface area contributed by atoms with Crippen LogP contribution in [0.1, 0.15) is 34.1 Å². The molecule has 3 atom stereocenters. The zero-order valence-corrected chi connectivity index (χ0v) is 9.76. The van der Waals surface area contributed by atoms with Gasteiger partial charge in [0.05, 0.1) is 0 Å². The van der Waals surface area contributed by atoms with Crippen molar-refractivity contribution in [2.45, 2.75) is 52.0 Å². The summed E-state index contributed by atoms with van der Waals surface area (Å²) >= 11 is 0. The van der Waals surface area contributed by atoms with Crippen molar-refractivity contribution >= 4 is 5.97 Å². The molecule has 0 aromatic rings. The molecule has 0 amide bonds. The van der Waals surface area contributed by atoms with Crippen LogP contribution in [0.2, 0.25) is 0 Å². The molecule has 1 aliphatic rings. The number of carboxylic acids is 1. The largest absolute Gasteiger partial charge is 0.479 e. The van der Waals surface area contributed by atoms with Crippen LogP contribution in [0.15, 0.2) is 0 Å². The predicted octanol–water partition coefficient (Wildman–Crippen LogP) is 2.84. The van der Waals surface area contributed by atoms with E-state index < -0.39 is 29.8 Å². The zero-order chi connectivity index (χ0) is 13.1. The molecule has 16 heavy (non-hydrogen) atoms. The van der Waals surface area contributed by atoms with Crippen molar-refractivity contribution in [3.63, 3.8) is 0 Å². The Labute approximate surface area is 92.6 Å². The second kappa shape index (κ2) is 5.03. The summed E-state index contributed by atoms with van der Waals surface area (Å²) in [6.07, 6.45) is -5.99. The molecule has 1 N–H and O–H groups in total. The van der Waals surface area contributed by atoms with Gasteiger partial charge in [0.2, 0.25) is 0 Å². The molecular weight excluding hydrogens is 225 g/mol. The van der Waals surface area contributed by atoms with Crippen molar-refractivity contribution in [2.75, 3.05) is 0 Å². The Balaban J connectivity index is 0.00000106. The number of carboxylic acid groups (broad SMARTS) is 1. The second-order valence-corrected chi connectivity index (χ2v) is 3.69. The van der Waals surface area contributed by atoms with Gasteiger partial charge in [-0.1, -0.05) is 20.8 Å². The van der Waals surface area contributed by atoms with Gasteiger partial charge in [-0.2, -0.15) is 13.2 Å². The third kappa shape index (κ3) is 2.66. The maximum absolute atomic E-state index is 12.5. The van der Waals surface area contributed by atoms with Crippen molar-refractivity contribution in [3.8, 4) is 0 Å². The van der Waals surface area contributed by atoms with E-state index in [0.29, 0.717) is 0 Å². The average Bonchev–Trinajstić information content (AvgIpc) is 2.47. The third-order valence-electron chi connectivity index (χ3n) is 2.73. The minimum absolute atomic E-state index is 0.106. The van der Waals surface area contributed by atoms with Gasteiger partial charge in [-0.3, -0.25) is 0 Å². The highest BCUT2D eigenvalue weighted by Crippen LogP contribution is 2.46. The molecule has 0 aromatic carbocycles. The number of carbonyl (C=O) groups is 1. The number of hydrogen-bond donors (Lipinski definition) is 1. The predicted molar refractivity (Wildman–Crippen MR) is 52.1 cm³/mol. The highest BCUT2D eigenvalue weighted by Gasteiger charge is 2.61. The lowest BCUT2D eigenvalue weighted by Gasteiger charge is -2.30. The SMILES string of the molecule is CC.CC1CC(C(=O)O)OC1(C)C(F)(F)F. The fourth-order valence-corrected chi connectivity index (χ4v) is 1.50.